The molecule has 0 aliphatic heterocycles. The highest BCUT2D eigenvalue weighted by Gasteiger charge is 2.15. The van der Waals surface area contributed by atoms with Crippen LogP contribution in [0.5, 0.6) is 0 Å². The van der Waals surface area contributed by atoms with Gasteiger partial charge in [0.25, 0.3) is 0 Å². The van der Waals surface area contributed by atoms with Crippen molar-refractivity contribution in [1.29, 1.82) is 0 Å². The van der Waals surface area contributed by atoms with Crippen LogP contribution in [0.25, 0.3) is 0 Å². The Balaban J connectivity index is 2.32. The van der Waals surface area contributed by atoms with E-state index in [1.54, 1.807) is 12.5 Å². The molecule has 2 heterocycles. The molecule has 2 rings (SSSR count). The van der Waals surface area contributed by atoms with Gasteiger partial charge in [0.1, 0.15) is 0 Å². The molecule has 1 atom stereocenters. The molecule has 0 aliphatic rings. The lowest BCUT2D eigenvalue weighted by atomic mass is 10.2. The van der Waals surface area contributed by atoms with Crippen LogP contribution in [0.3, 0.4) is 0 Å². The minimum absolute atomic E-state index is 0.162. The van der Waals surface area contributed by atoms with Crippen molar-refractivity contribution in [1.82, 2.24) is 0 Å². The number of hydrogen-bond donors (Lipinski definition) is 0. The molecule has 14 heavy (non-hydrogen) atoms. The highest BCUT2D eigenvalue weighted by molar-refractivity contribution is 7.16. The predicted octanol–water partition coefficient (Wildman–Crippen LogP) is 4.63. The fraction of sp³-hybridized carbons (Fsp3) is 0.200. The summed E-state index contributed by atoms with van der Waals surface area (Å²) in [5.41, 5.74) is 2.03. The van der Waals surface area contributed by atoms with Crippen molar-refractivity contribution in [2.24, 2.45) is 0 Å². The first kappa shape index (κ1) is 10.1. The fourth-order valence-corrected chi connectivity index (χ4v) is 2.74. The molecule has 0 spiro atoms. The first-order chi connectivity index (χ1) is 6.68. The molecule has 0 amide bonds. The first-order valence-electron chi connectivity index (χ1n) is 4.10. The largest absolute Gasteiger partial charge is 0.472 e. The molecular weight excluding hydrogens is 239 g/mol. The van der Waals surface area contributed by atoms with E-state index in [-0.39, 0.29) is 5.38 Å². The molecule has 74 valence electrons. The Morgan fingerprint density at radius 3 is 2.79 bits per heavy atom. The zero-order valence-electron chi connectivity index (χ0n) is 7.46. The second-order valence-corrected chi connectivity index (χ2v) is 5.15. The average Bonchev–Trinajstić information content (AvgIpc) is 2.76. The summed E-state index contributed by atoms with van der Waals surface area (Å²) in [6, 6.07) is 3.87. The molecule has 0 N–H and O–H groups in total. The number of aryl methyl sites for hydroxylation is 1. The van der Waals surface area contributed by atoms with Gasteiger partial charge in [0.05, 0.1) is 22.2 Å². The minimum atomic E-state index is -0.162. The van der Waals surface area contributed by atoms with E-state index in [1.807, 2.05) is 19.1 Å². The molecular formula is C10H8Cl2OS. The number of alkyl halides is 1. The van der Waals surface area contributed by atoms with Gasteiger partial charge in [-0.25, -0.2) is 0 Å². The van der Waals surface area contributed by atoms with Crippen LogP contribution in [0.2, 0.25) is 4.34 Å². The first-order valence-corrected chi connectivity index (χ1v) is 5.73. The Morgan fingerprint density at radius 2 is 2.29 bits per heavy atom. The van der Waals surface area contributed by atoms with Gasteiger partial charge < -0.3 is 4.42 Å². The zero-order valence-corrected chi connectivity index (χ0v) is 9.79. The van der Waals surface area contributed by atoms with Crippen LogP contribution in [0.1, 0.15) is 21.4 Å². The van der Waals surface area contributed by atoms with Gasteiger partial charge in [0.15, 0.2) is 0 Å². The maximum atomic E-state index is 6.25. The third-order valence-corrected chi connectivity index (χ3v) is 4.20. The summed E-state index contributed by atoms with van der Waals surface area (Å²) in [4.78, 5) is 1.05. The van der Waals surface area contributed by atoms with Crippen LogP contribution in [0.4, 0.5) is 0 Å². The molecule has 4 heteroatoms. The van der Waals surface area contributed by atoms with Gasteiger partial charge in [0, 0.05) is 10.4 Å². The smallest absolute Gasteiger partial charge is 0.0960 e. The van der Waals surface area contributed by atoms with Gasteiger partial charge >= 0.3 is 0 Å². The molecule has 2 aromatic heterocycles. The van der Waals surface area contributed by atoms with E-state index in [0.29, 0.717) is 0 Å². The van der Waals surface area contributed by atoms with Crippen LogP contribution in [0, 0.1) is 6.92 Å². The summed E-state index contributed by atoms with van der Waals surface area (Å²) in [5, 5.41) is -0.162. The molecule has 0 saturated heterocycles. The van der Waals surface area contributed by atoms with Crippen molar-refractivity contribution < 1.29 is 4.42 Å². The van der Waals surface area contributed by atoms with E-state index in [0.717, 1.165) is 20.3 Å². The Bertz CT molecular complexity index is 400. The maximum Gasteiger partial charge on any atom is 0.0960 e. The van der Waals surface area contributed by atoms with Crippen molar-refractivity contribution >= 4 is 34.5 Å². The minimum Gasteiger partial charge on any atom is -0.472 e. The molecule has 0 bridgehead atoms. The summed E-state index contributed by atoms with van der Waals surface area (Å²) in [6.07, 6.45) is 3.27. The number of rotatable bonds is 2. The van der Waals surface area contributed by atoms with Gasteiger partial charge in [-0.3, -0.25) is 0 Å². The van der Waals surface area contributed by atoms with Crippen molar-refractivity contribution in [3.63, 3.8) is 0 Å². The Morgan fingerprint density at radius 1 is 1.50 bits per heavy atom. The van der Waals surface area contributed by atoms with Gasteiger partial charge in [-0.05, 0) is 24.6 Å². The molecule has 0 saturated carbocycles. The quantitative estimate of drug-likeness (QED) is 0.705. The van der Waals surface area contributed by atoms with Crippen LogP contribution < -0.4 is 0 Å². The predicted molar refractivity (Wildman–Crippen MR) is 60.5 cm³/mol. The Hall–Kier alpha value is -0.440. The van der Waals surface area contributed by atoms with Crippen molar-refractivity contribution in [2.75, 3.05) is 0 Å². The number of thiophene rings is 1. The SMILES string of the molecule is Cc1cc(C(Cl)c2ccoc2)sc1Cl. The monoisotopic (exact) mass is 246 g/mol. The highest BCUT2D eigenvalue weighted by atomic mass is 35.5. The van der Waals surface area contributed by atoms with Crippen LogP contribution in [-0.4, -0.2) is 0 Å². The van der Waals surface area contributed by atoms with Crippen molar-refractivity contribution in [3.8, 4) is 0 Å². The summed E-state index contributed by atoms with van der Waals surface area (Å²) in [6.45, 7) is 1.97. The third-order valence-electron chi connectivity index (χ3n) is 1.96. The van der Waals surface area contributed by atoms with Crippen LogP contribution >= 0.6 is 34.5 Å². The lowest BCUT2D eigenvalue weighted by Crippen LogP contribution is -1.85. The van der Waals surface area contributed by atoms with Gasteiger partial charge in [0.2, 0.25) is 0 Å². The molecule has 0 aliphatic carbocycles. The van der Waals surface area contributed by atoms with E-state index in [2.05, 4.69) is 0 Å². The molecule has 2 aromatic rings. The zero-order chi connectivity index (χ0) is 10.1. The summed E-state index contributed by atoms with van der Waals surface area (Å²) >= 11 is 13.7. The van der Waals surface area contributed by atoms with Crippen LogP contribution in [-0.2, 0) is 0 Å². The van der Waals surface area contributed by atoms with E-state index in [1.165, 1.54) is 11.3 Å². The molecule has 0 aromatic carbocycles. The Kier molecular flexibility index (Phi) is 2.86. The summed E-state index contributed by atoms with van der Waals surface area (Å²) in [7, 11) is 0. The highest BCUT2D eigenvalue weighted by Crippen LogP contribution is 2.37. The van der Waals surface area contributed by atoms with Crippen molar-refractivity contribution in [2.45, 2.75) is 12.3 Å². The average molecular weight is 247 g/mol. The second kappa shape index (κ2) is 3.97. The molecule has 1 unspecified atom stereocenters. The van der Waals surface area contributed by atoms with Gasteiger partial charge in [-0.1, -0.05) is 11.6 Å². The van der Waals surface area contributed by atoms with Crippen LogP contribution in [0.15, 0.2) is 29.1 Å². The number of hydrogen-bond acceptors (Lipinski definition) is 2. The van der Waals surface area contributed by atoms with E-state index in [4.69, 9.17) is 27.6 Å². The van der Waals surface area contributed by atoms with Crippen molar-refractivity contribution in [3.05, 3.63) is 45.0 Å². The van der Waals surface area contributed by atoms with Gasteiger partial charge in [-0.15, -0.1) is 22.9 Å². The lowest BCUT2D eigenvalue weighted by Gasteiger charge is -2.01. The molecule has 1 nitrogen and oxygen atoms in total. The molecule has 0 fully saturated rings. The fourth-order valence-electron chi connectivity index (χ4n) is 1.19. The lowest BCUT2D eigenvalue weighted by molar-refractivity contribution is 0.564. The maximum absolute atomic E-state index is 6.25. The second-order valence-electron chi connectivity index (χ2n) is 3.02. The standard InChI is InChI=1S/C10H8Cl2OS/c1-6-4-8(14-10(6)12)9(11)7-2-3-13-5-7/h2-5,9H,1H3. The van der Waals surface area contributed by atoms with E-state index in [9.17, 15) is 0 Å². The molecule has 0 radical (unpaired) electrons. The summed E-state index contributed by atoms with van der Waals surface area (Å²) < 4.78 is 5.78. The third kappa shape index (κ3) is 1.83. The summed E-state index contributed by atoms with van der Waals surface area (Å²) in [5.74, 6) is 0. The van der Waals surface area contributed by atoms with E-state index >= 15 is 0 Å². The Labute approximate surface area is 96.3 Å². The van der Waals surface area contributed by atoms with Gasteiger partial charge in [-0.2, -0.15) is 0 Å². The van der Waals surface area contributed by atoms with E-state index < -0.39 is 0 Å². The number of furan rings is 1. The topological polar surface area (TPSA) is 13.1 Å². The number of halogens is 2. The normalized spacial score (nSPS) is 13.1.